The van der Waals surface area contributed by atoms with Gasteiger partial charge in [0.05, 0.1) is 49.6 Å². The molecular formula is C27H55N15O9S2. The lowest BCUT2D eigenvalue weighted by molar-refractivity contribution is -0.312. The highest BCUT2D eigenvalue weighted by atomic mass is 32.2. The molecule has 26 heteroatoms. The molecule has 2 aliphatic heterocycles. The molecule has 3 aliphatic rings. The second kappa shape index (κ2) is 21.0. The van der Waals surface area contributed by atoms with Crippen LogP contribution in [0.4, 0.5) is 0 Å². The third-order valence-electron chi connectivity index (χ3n) is 8.55. The summed E-state index contributed by atoms with van der Waals surface area (Å²) in [6, 6.07) is -4.14. The smallest absolute Gasteiger partial charge is 0.186 e. The molecule has 0 bridgehead atoms. The minimum atomic E-state index is -1.68. The van der Waals surface area contributed by atoms with Crippen molar-refractivity contribution in [1.82, 2.24) is 26.6 Å². The van der Waals surface area contributed by atoms with Gasteiger partial charge >= 0.3 is 0 Å². The van der Waals surface area contributed by atoms with Gasteiger partial charge in [-0.25, -0.2) is 0 Å². The first-order valence-electron chi connectivity index (χ1n) is 16.6. The summed E-state index contributed by atoms with van der Waals surface area (Å²) in [6.07, 6.45) is -13.4. The average molecular weight is 798 g/mol. The second-order valence-corrected chi connectivity index (χ2v) is 14.2. The average Bonchev–Trinajstić information content (AvgIpc) is 3.05. The van der Waals surface area contributed by atoms with E-state index in [0.717, 1.165) is 0 Å². The summed E-state index contributed by atoms with van der Waals surface area (Å²) in [5, 5.41) is 97.3. The van der Waals surface area contributed by atoms with E-state index >= 15 is 0 Å². The van der Waals surface area contributed by atoms with Crippen molar-refractivity contribution >= 4 is 54.2 Å². The normalized spacial score (nSPS) is 35.7. The molecule has 2 heterocycles. The van der Waals surface area contributed by atoms with Gasteiger partial charge in [0.25, 0.3) is 0 Å². The highest BCUT2D eigenvalue weighted by Crippen LogP contribution is 2.33. The van der Waals surface area contributed by atoms with Crippen LogP contribution in [0.1, 0.15) is 12.8 Å². The summed E-state index contributed by atoms with van der Waals surface area (Å²) in [7, 11) is 0. The number of thiol groups is 1. The van der Waals surface area contributed by atoms with Crippen LogP contribution in [-0.4, -0.2) is 173 Å². The number of guanidine groups is 5. The van der Waals surface area contributed by atoms with Crippen LogP contribution >= 0.6 is 24.4 Å². The molecule has 0 spiro atoms. The molecule has 14 unspecified atom stereocenters. The van der Waals surface area contributed by atoms with Crippen LogP contribution in [0.15, 0.2) is 0 Å². The van der Waals surface area contributed by atoms with Crippen molar-refractivity contribution in [3.8, 4) is 0 Å². The fourth-order valence-electron chi connectivity index (χ4n) is 6.30. The van der Waals surface area contributed by atoms with Gasteiger partial charge in [-0.15, -0.1) is 0 Å². The van der Waals surface area contributed by atoms with Crippen LogP contribution < -0.4 is 55.3 Å². The zero-order chi connectivity index (χ0) is 39.4. The summed E-state index contributed by atoms with van der Waals surface area (Å²) in [5.74, 6) is -1.07. The molecule has 24 N–H and O–H groups in total. The number of hydrogen-bond donors (Lipinski definition) is 20. The van der Waals surface area contributed by atoms with E-state index in [-0.39, 0.29) is 31.1 Å². The molecule has 2 saturated heterocycles. The van der Waals surface area contributed by atoms with Gasteiger partial charge in [-0.1, -0.05) is 0 Å². The number of rotatable bonds is 17. The Hall–Kier alpha value is -3.31. The zero-order valence-electron chi connectivity index (χ0n) is 28.8. The SMILES string of the molecule is N=C(N)NCC1OC(OC2C(NC(=N)N)CC(NC(=N)N)C(OC3OC(CSCCOCCS)C(O)C(NC(=N)N)C3O)C2O)C(NC(=N)N)CC1O. The number of ether oxygens (including phenoxy) is 5. The second-order valence-electron chi connectivity index (χ2n) is 12.6. The highest BCUT2D eigenvalue weighted by molar-refractivity contribution is 7.99. The molecule has 1 saturated carbocycles. The van der Waals surface area contributed by atoms with Crippen LogP contribution in [-0.2, 0) is 23.7 Å². The predicted octanol–water partition coefficient (Wildman–Crippen LogP) is -6.99. The fourth-order valence-corrected chi connectivity index (χ4v) is 7.34. The quantitative estimate of drug-likeness (QED) is 0.0281. The van der Waals surface area contributed by atoms with Gasteiger partial charge in [0.1, 0.15) is 36.6 Å². The van der Waals surface area contributed by atoms with E-state index in [2.05, 4.69) is 39.2 Å². The van der Waals surface area contributed by atoms with Gasteiger partial charge in [0.15, 0.2) is 42.4 Å². The molecule has 1 aliphatic carbocycles. The number of thioether (sulfide) groups is 1. The van der Waals surface area contributed by atoms with Crippen molar-refractivity contribution in [2.75, 3.05) is 37.0 Å². The molecule has 304 valence electrons. The van der Waals surface area contributed by atoms with Crippen LogP contribution in [0.2, 0.25) is 0 Å². The number of aliphatic hydroxyl groups excluding tert-OH is 4. The summed E-state index contributed by atoms with van der Waals surface area (Å²) in [4.78, 5) is 0. The maximum atomic E-state index is 12.0. The molecular weight excluding hydrogens is 743 g/mol. The van der Waals surface area contributed by atoms with Crippen molar-refractivity contribution in [3.63, 3.8) is 0 Å². The fraction of sp³-hybridized carbons (Fsp3) is 0.815. The minimum Gasteiger partial charge on any atom is -0.390 e. The lowest BCUT2D eigenvalue weighted by atomic mass is 9.83. The van der Waals surface area contributed by atoms with E-state index < -0.39 is 109 Å². The number of nitrogens with one attached hydrogen (secondary N) is 10. The Morgan fingerprint density at radius 1 is 0.679 bits per heavy atom. The van der Waals surface area contributed by atoms with E-state index in [0.29, 0.717) is 24.7 Å². The number of aliphatic hydroxyl groups is 4. The molecule has 14 atom stereocenters. The third-order valence-corrected chi connectivity index (χ3v) is 9.75. The summed E-state index contributed by atoms with van der Waals surface area (Å²) < 4.78 is 30.1. The topological polar surface area (TPSA) is 437 Å². The molecule has 0 aromatic carbocycles. The molecule has 24 nitrogen and oxygen atoms in total. The highest BCUT2D eigenvalue weighted by Gasteiger charge is 2.53. The van der Waals surface area contributed by atoms with Crippen molar-refractivity contribution in [3.05, 3.63) is 0 Å². The molecule has 0 aromatic rings. The Bertz CT molecular complexity index is 1250. The van der Waals surface area contributed by atoms with Gasteiger partial charge in [-0.3, -0.25) is 27.0 Å². The standard InChI is InChI=1S/C27H55N15O9S2/c28-23(29)38-7-13-12(43)6-11(41-26(34)35)21(48-13)50-19-9(39-24(30)31)5-10(40-25(32)33)20(18(19)46)51-22-17(45)15(42-27(36)37)16(44)14(49-22)8-53-4-2-47-1-3-52/h9-22,43-46,52H,1-8H2,(H4,28,29,38)(H4,30,31,39)(H4,32,33,40)(H4,34,35,41)(H4,36,37,42). The van der Waals surface area contributed by atoms with Crippen molar-refractivity contribution < 1.29 is 44.1 Å². The first kappa shape index (κ1) is 44.1. The van der Waals surface area contributed by atoms with E-state index in [1.54, 1.807) is 0 Å². The predicted molar refractivity (Wildman–Crippen MR) is 198 cm³/mol. The molecule has 0 amide bonds. The Kier molecular flexibility index (Phi) is 17.4. The molecule has 0 radical (unpaired) electrons. The van der Waals surface area contributed by atoms with Crippen molar-refractivity contribution in [1.29, 1.82) is 27.0 Å². The van der Waals surface area contributed by atoms with Crippen LogP contribution in [0.3, 0.4) is 0 Å². The van der Waals surface area contributed by atoms with Gasteiger partial charge < -0.3 is 99.4 Å². The molecule has 53 heavy (non-hydrogen) atoms. The van der Waals surface area contributed by atoms with Gasteiger partial charge in [-0.05, 0) is 6.42 Å². The Labute approximate surface area is 315 Å². The van der Waals surface area contributed by atoms with Gasteiger partial charge in [0, 0.05) is 30.2 Å². The first-order valence-corrected chi connectivity index (χ1v) is 18.4. The zero-order valence-corrected chi connectivity index (χ0v) is 30.5. The molecule has 3 fully saturated rings. The summed E-state index contributed by atoms with van der Waals surface area (Å²) >= 11 is 5.50. The Balaban J connectivity index is 1.93. The van der Waals surface area contributed by atoms with E-state index in [9.17, 15) is 20.4 Å². The van der Waals surface area contributed by atoms with Crippen molar-refractivity contribution in [2.24, 2.45) is 28.7 Å². The maximum absolute atomic E-state index is 12.0. The van der Waals surface area contributed by atoms with E-state index in [1.165, 1.54) is 11.8 Å². The third kappa shape index (κ3) is 13.2. The molecule has 3 rings (SSSR count). The van der Waals surface area contributed by atoms with Crippen LogP contribution in [0, 0.1) is 27.0 Å². The largest absolute Gasteiger partial charge is 0.390 e. The first-order chi connectivity index (χ1) is 25.0. The van der Waals surface area contributed by atoms with E-state index in [1.807, 2.05) is 0 Å². The van der Waals surface area contributed by atoms with Gasteiger partial charge in [-0.2, -0.15) is 24.4 Å². The van der Waals surface area contributed by atoms with Crippen LogP contribution in [0.25, 0.3) is 0 Å². The van der Waals surface area contributed by atoms with Crippen molar-refractivity contribution in [2.45, 2.75) is 98.4 Å². The summed E-state index contributed by atoms with van der Waals surface area (Å²) in [6.45, 7) is 0.782. The van der Waals surface area contributed by atoms with Crippen LogP contribution in [0.5, 0.6) is 0 Å². The van der Waals surface area contributed by atoms with Gasteiger partial charge in [0.2, 0.25) is 0 Å². The maximum Gasteiger partial charge on any atom is 0.186 e. The Morgan fingerprint density at radius 2 is 1.23 bits per heavy atom. The lowest BCUT2D eigenvalue weighted by Gasteiger charge is -2.50. The number of hydrogen-bond acceptors (Lipinski definition) is 16. The Morgan fingerprint density at radius 3 is 1.77 bits per heavy atom. The monoisotopic (exact) mass is 797 g/mol. The minimum absolute atomic E-state index is 0.0494. The summed E-state index contributed by atoms with van der Waals surface area (Å²) in [5.41, 5.74) is 28.0. The lowest BCUT2D eigenvalue weighted by Crippen LogP contribution is -2.71. The van der Waals surface area contributed by atoms with E-state index in [4.69, 9.17) is 79.4 Å². The molecule has 0 aromatic heterocycles. The number of nitrogens with two attached hydrogens (primary N) is 5.